The SMILES string of the molecule is CC(C)[C@@H]1NC(=O)[C@H](C)CCCCOc2ccc(F)c(c2)[C@@H](C)OC(=O)[C@@H]2CCCN(N2)C(=O)[C@H](C)NC1=O. The number of halogens is 1. The largest absolute Gasteiger partial charge is 0.494 e. The Morgan fingerprint density at radius 1 is 0.974 bits per heavy atom. The number of benzene rings is 1. The topological polar surface area (TPSA) is 126 Å². The predicted molar refractivity (Wildman–Crippen MR) is 142 cm³/mol. The molecule has 0 saturated carbocycles. The fraction of sp³-hybridized carbons (Fsp3) is 0.643. The lowest BCUT2D eigenvalue weighted by atomic mass is 9.99. The molecule has 3 rings (SSSR count). The Kier molecular flexibility index (Phi) is 10.7. The molecule has 2 aliphatic rings. The first-order chi connectivity index (χ1) is 18.5. The van der Waals surface area contributed by atoms with Crippen LogP contribution in [0.2, 0.25) is 0 Å². The molecule has 1 aromatic carbocycles. The fourth-order valence-electron chi connectivity index (χ4n) is 4.66. The summed E-state index contributed by atoms with van der Waals surface area (Å²) in [5.74, 6) is -2.30. The van der Waals surface area contributed by atoms with Crippen molar-refractivity contribution in [3.05, 3.63) is 29.6 Å². The number of hydrazine groups is 1. The average Bonchev–Trinajstić information content (AvgIpc) is 2.90. The van der Waals surface area contributed by atoms with Crippen molar-refractivity contribution in [2.45, 2.75) is 91.0 Å². The van der Waals surface area contributed by atoms with Gasteiger partial charge in [0.25, 0.3) is 5.91 Å². The number of ether oxygens (including phenoxy) is 2. The average molecular weight is 549 g/mol. The molecule has 0 aliphatic carbocycles. The first-order valence-corrected chi connectivity index (χ1v) is 13.8. The number of esters is 1. The summed E-state index contributed by atoms with van der Waals surface area (Å²) in [5.41, 5.74) is 3.08. The Hall–Kier alpha value is -3.21. The molecule has 10 nitrogen and oxygen atoms in total. The number of carbonyl (C=O) groups is 4. The van der Waals surface area contributed by atoms with E-state index in [4.69, 9.17) is 9.47 Å². The molecular formula is C28H41FN4O6. The zero-order chi connectivity index (χ0) is 28.7. The van der Waals surface area contributed by atoms with Gasteiger partial charge in [0.1, 0.15) is 35.8 Å². The summed E-state index contributed by atoms with van der Waals surface area (Å²) in [6.45, 7) is 9.32. The molecule has 0 radical (unpaired) electrons. The number of nitrogens with zero attached hydrogens (tertiary/aromatic N) is 1. The summed E-state index contributed by atoms with van der Waals surface area (Å²) in [6, 6.07) is 1.81. The van der Waals surface area contributed by atoms with Crippen molar-refractivity contribution >= 4 is 23.7 Å². The highest BCUT2D eigenvalue weighted by atomic mass is 19.1. The van der Waals surface area contributed by atoms with Crippen molar-refractivity contribution < 1.29 is 33.0 Å². The zero-order valence-corrected chi connectivity index (χ0v) is 23.4. The first-order valence-electron chi connectivity index (χ1n) is 13.8. The third-order valence-corrected chi connectivity index (χ3v) is 7.16. The van der Waals surface area contributed by atoms with Crippen molar-refractivity contribution in [3.8, 4) is 5.75 Å². The molecule has 216 valence electrons. The molecule has 11 heteroatoms. The van der Waals surface area contributed by atoms with Crippen LogP contribution in [0, 0.1) is 17.7 Å². The Bertz CT molecular complexity index is 1050. The maximum atomic E-state index is 14.6. The van der Waals surface area contributed by atoms with E-state index in [9.17, 15) is 23.6 Å². The lowest BCUT2D eigenvalue weighted by Gasteiger charge is -2.35. The smallest absolute Gasteiger partial charge is 0.325 e. The van der Waals surface area contributed by atoms with E-state index in [1.165, 1.54) is 23.2 Å². The van der Waals surface area contributed by atoms with Crippen LogP contribution in [0.25, 0.3) is 0 Å². The van der Waals surface area contributed by atoms with E-state index in [0.717, 1.165) is 0 Å². The van der Waals surface area contributed by atoms with Crippen molar-refractivity contribution in [2.24, 2.45) is 11.8 Å². The van der Waals surface area contributed by atoms with Crippen LogP contribution < -0.4 is 20.8 Å². The molecule has 1 aromatic rings. The van der Waals surface area contributed by atoms with Gasteiger partial charge < -0.3 is 20.1 Å². The van der Waals surface area contributed by atoms with Gasteiger partial charge in [0.05, 0.1) is 6.61 Å². The van der Waals surface area contributed by atoms with E-state index in [1.54, 1.807) is 13.8 Å². The number of cyclic esters (lactones) is 1. The summed E-state index contributed by atoms with van der Waals surface area (Å²) in [6.07, 6.45) is 2.07. The first kappa shape index (κ1) is 30.3. The molecule has 4 bridgehead atoms. The van der Waals surface area contributed by atoms with Crippen LogP contribution >= 0.6 is 0 Å². The molecule has 2 heterocycles. The van der Waals surface area contributed by atoms with Crippen LogP contribution in [0.1, 0.15) is 78.4 Å². The van der Waals surface area contributed by atoms with E-state index in [2.05, 4.69) is 16.1 Å². The standard InChI is InChI=1S/C28H41FN4O6/c1-16(2)24-26(35)30-18(4)27(36)33-13-8-10-23(32-33)28(37)39-19(5)21-15-20(11-12-22(21)29)38-14-7-6-9-17(3)25(34)31-24/h11-12,15-19,23-24,32H,6-10,13-14H2,1-5H3,(H,30,35)(H,31,34)/t17-,18+,19-,23+,24+/m1/s1. The number of nitrogens with one attached hydrogen (secondary N) is 3. The van der Waals surface area contributed by atoms with Crippen LogP contribution in [0.3, 0.4) is 0 Å². The number of amides is 3. The van der Waals surface area contributed by atoms with Crippen molar-refractivity contribution in [2.75, 3.05) is 13.2 Å². The minimum atomic E-state index is -0.899. The summed E-state index contributed by atoms with van der Waals surface area (Å²) in [7, 11) is 0. The highest BCUT2D eigenvalue weighted by Gasteiger charge is 2.34. The monoisotopic (exact) mass is 548 g/mol. The number of rotatable bonds is 1. The molecule has 5 atom stereocenters. The van der Waals surface area contributed by atoms with Gasteiger partial charge in [-0.15, -0.1) is 0 Å². The van der Waals surface area contributed by atoms with E-state index in [1.807, 2.05) is 20.8 Å². The van der Waals surface area contributed by atoms with E-state index in [-0.39, 0.29) is 23.3 Å². The Balaban J connectivity index is 1.81. The second kappa shape index (κ2) is 13.7. The van der Waals surface area contributed by atoms with Gasteiger partial charge in [-0.1, -0.05) is 20.8 Å². The fourth-order valence-corrected chi connectivity index (χ4v) is 4.66. The molecule has 0 unspecified atom stereocenters. The second-order valence-electron chi connectivity index (χ2n) is 10.8. The van der Waals surface area contributed by atoms with Crippen molar-refractivity contribution in [1.29, 1.82) is 0 Å². The van der Waals surface area contributed by atoms with Crippen molar-refractivity contribution in [1.82, 2.24) is 21.1 Å². The summed E-state index contributed by atoms with van der Waals surface area (Å²) < 4.78 is 25.9. The molecule has 1 fully saturated rings. The predicted octanol–water partition coefficient (Wildman–Crippen LogP) is 2.77. The number of hydrogen-bond donors (Lipinski definition) is 3. The molecular weight excluding hydrogens is 507 g/mol. The number of carbonyl (C=O) groups excluding carboxylic acids is 4. The zero-order valence-electron chi connectivity index (χ0n) is 23.4. The highest BCUT2D eigenvalue weighted by molar-refractivity contribution is 5.92. The Morgan fingerprint density at radius 3 is 2.44 bits per heavy atom. The highest BCUT2D eigenvalue weighted by Crippen LogP contribution is 2.26. The molecule has 2 aliphatic heterocycles. The summed E-state index contributed by atoms with van der Waals surface area (Å²) in [5, 5.41) is 6.84. The van der Waals surface area contributed by atoms with Gasteiger partial charge in [0, 0.05) is 18.0 Å². The minimum Gasteiger partial charge on any atom is -0.494 e. The van der Waals surface area contributed by atoms with Gasteiger partial charge in [-0.2, -0.15) is 0 Å². The van der Waals surface area contributed by atoms with Crippen molar-refractivity contribution in [3.63, 3.8) is 0 Å². The normalized spacial score (nSPS) is 28.4. The third-order valence-electron chi connectivity index (χ3n) is 7.16. The molecule has 39 heavy (non-hydrogen) atoms. The van der Waals surface area contributed by atoms with E-state index < -0.39 is 47.8 Å². The maximum Gasteiger partial charge on any atom is 0.325 e. The molecule has 1 saturated heterocycles. The molecule has 3 N–H and O–H groups in total. The van der Waals surface area contributed by atoms with Crippen LogP contribution in [-0.4, -0.2) is 60.0 Å². The third kappa shape index (κ3) is 8.14. The van der Waals surface area contributed by atoms with Gasteiger partial charge in [0.15, 0.2) is 0 Å². The maximum absolute atomic E-state index is 14.6. The molecule has 0 spiro atoms. The van der Waals surface area contributed by atoms with Gasteiger partial charge in [-0.3, -0.25) is 24.2 Å². The minimum absolute atomic E-state index is 0.188. The number of fused-ring (bicyclic) bond motifs is 4. The van der Waals surface area contributed by atoms with E-state index in [0.29, 0.717) is 51.0 Å². The lowest BCUT2D eigenvalue weighted by molar-refractivity contribution is -0.157. The molecule has 3 amide bonds. The van der Waals surface area contributed by atoms with Crippen LogP contribution in [-0.2, 0) is 23.9 Å². The van der Waals surface area contributed by atoms with Gasteiger partial charge >= 0.3 is 5.97 Å². The van der Waals surface area contributed by atoms with E-state index >= 15 is 0 Å². The molecule has 0 aromatic heterocycles. The van der Waals surface area contributed by atoms with Gasteiger partial charge in [0.2, 0.25) is 11.8 Å². The van der Waals surface area contributed by atoms with Crippen LogP contribution in [0.4, 0.5) is 4.39 Å². The van der Waals surface area contributed by atoms with Crippen LogP contribution in [0.5, 0.6) is 5.75 Å². The van der Waals surface area contributed by atoms with Crippen LogP contribution in [0.15, 0.2) is 18.2 Å². The summed E-state index contributed by atoms with van der Waals surface area (Å²) in [4.78, 5) is 51.9. The number of hydrogen-bond acceptors (Lipinski definition) is 7. The quantitative estimate of drug-likeness (QED) is 0.461. The van der Waals surface area contributed by atoms with Gasteiger partial charge in [-0.05, 0) is 70.1 Å². The Labute approximate surface area is 229 Å². The van der Waals surface area contributed by atoms with Gasteiger partial charge in [-0.25, -0.2) is 9.82 Å². The summed E-state index contributed by atoms with van der Waals surface area (Å²) >= 11 is 0. The lowest BCUT2D eigenvalue weighted by Crippen LogP contribution is -2.61. The second-order valence-corrected chi connectivity index (χ2v) is 10.8. The Morgan fingerprint density at radius 2 is 1.72 bits per heavy atom.